The number of hydrogen-bond donors (Lipinski definition) is 0. The summed E-state index contributed by atoms with van der Waals surface area (Å²) in [7, 11) is 0. The zero-order chi connectivity index (χ0) is 20.2. The third kappa shape index (κ3) is 11.7. The van der Waals surface area contributed by atoms with Crippen LogP contribution in [0.2, 0.25) is 0 Å². The van der Waals surface area contributed by atoms with E-state index in [1.54, 1.807) is 0 Å². The SMILES string of the molecule is CCN1CCC(CC=C(C)CCC=C(C)CCC=C(C)C)CC1OC(C)=O.Cl. The average molecular weight is 412 g/mol. The average Bonchev–Trinajstić information content (AvgIpc) is 2.59. The van der Waals surface area contributed by atoms with Gasteiger partial charge in [0.05, 0.1) is 0 Å². The lowest BCUT2D eigenvalue weighted by Crippen LogP contribution is -2.44. The molecule has 0 aromatic heterocycles. The number of carbonyl (C=O) groups is 1. The fraction of sp³-hybridized carbons (Fsp3) is 0.708. The zero-order valence-corrected chi connectivity index (χ0v) is 19.7. The van der Waals surface area contributed by atoms with Gasteiger partial charge in [-0.1, -0.05) is 41.9 Å². The van der Waals surface area contributed by atoms with E-state index in [-0.39, 0.29) is 24.6 Å². The number of halogens is 1. The van der Waals surface area contributed by atoms with Crippen molar-refractivity contribution in [2.75, 3.05) is 13.1 Å². The Bertz CT molecular complexity index is 547. The predicted molar refractivity (Wildman–Crippen MR) is 123 cm³/mol. The van der Waals surface area contributed by atoms with Crippen LogP contribution in [0.4, 0.5) is 0 Å². The molecule has 0 amide bonds. The topological polar surface area (TPSA) is 29.5 Å². The van der Waals surface area contributed by atoms with E-state index < -0.39 is 0 Å². The standard InChI is InChI=1S/C24H41NO2.ClH/c1-7-25-17-16-23(18-24(25)27-22(6)26)15-14-21(5)13-9-12-20(4)11-8-10-19(2)3;/h10,12,14,23-24H,7-9,11,13,15-18H2,1-6H3;1H. The van der Waals surface area contributed by atoms with Gasteiger partial charge < -0.3 is 4.74 Å². The molecule has 1 fully saturated rings. The highest BCUT2D eigenvalue weighted by molar-refractivity contribution is 5.85. The van der Waals surface area contributed by atoms with Crippen LogP contribution >= 0.6 is 12.4 Å². The van der Waals surface area contributed by atoms with Crippen molar-refractivity contribution >= 4 is 18.4 Å². The van der Waals surface area contributed by atoms with E-state index in [2.05, 4.69) is 57.7 Å². The van der Waals surface area contributed by atoms with Crippen LogP contribution in [-0.4, -0.2) is 30.2 Å². The molecule has 4 heteroatoms. The number of likely N-dealkylation sites (tertiary alicyclic amines) is 1. The van der Waals surface area contributed by atoms with E-state index in [4.69, 9.17) is 4.74 Å². The zero-order valence-electron chi connectivity index (χ0n) is 18.9. The Kier molecular flexibility index (Phi) is 14.3. The molecule has 28 heavy (non-hydrogen) atoms. The fourth-order valence-electron chi connectivity index (χ4n) is 3.64. The monoisotopic (exact) mass is 411 g/mol. The Morgan fingerprint density at radius 2 is 1.61 bits per heavy atom. The highest BCUT2D eigenvalue weighted by Gasteiger charge is 2.28. The first-order valence-electron chi connectivity index (χ1n) is 10.7. The van der Waals surface area contributed by atoms with Crippen LogP contribution in [0, 0.1) is 5.92 Å². The van der Waals surface area contributed by atoms with Crippen LogP contribution in [0.3, 0.4) is 0 Å². The number of piperidine rings is 1. The molecule has 1 heterocycles. The molecule has 0 aromatic carbocycles. The summed E-state index contributed by atoms with van der Waals surface area (Å²) in [5, 5.41) is 0. The number of hydrogen-bond acceptors (Lipinski definition) is 3. The third-order valence-corrected chi connectivity index (χ3v) is 5.40. The molecule has 0 aromatic rings. The van der Waals surface area contributed by atoms with Crippen LogP contribution in [0.25, 0.3) is 0 Å². The second kappa shape index (κ2) is 14.9. The van der Waals surface area contributed by atoms with Crippen LogP contribution in [0.5, 0.6) is 0 Å². The first-order chi connectivity index (χ1) is 12.8. The lowest BCUT2D eigenvalue weighted by atomic mass is 9.91. The van der Waals surface area contributed by atoms with Crippen LogP contribution in [0.15, 0.2) is 34.9 Å². The number of carbonyl (C=O) groups excluding carboxylic acids is 1. The van der Waals surface area contributed by atoms with Gasteiger partial charge in [-0.05, 0) is 78.7 Å². The van der Waals surface area contributed by atoms with Gasteiger partial charge in [-0.2, -0.15) is 0 Å². The molecule has 1 aliphatic heterocycles. The Morgan fingerprint density at radius 3 is 2.18 bits per heavy atom. The molecule has 1 aliphatic rings. The Balaban J connectivity index is 0.00000729. The number of esters is 1. The third-order valence-electron chi connectivity index (χ3n) is 5.40. The maximum absolute atomic E-state index is 11.3. The second-order valence-electron chi connectivity index (χ2n) is 8.28. The lowest BCUT2D eigenvalue weighted by molar-refractivity contribution is -0.161. The molecular weight excluding hydrogens is 370 g/mol. The maximum Gasteiger partial charge on any atom is 0.304 e. The molecule has 1 rings (SSSR count). The Morgan fingerprint density at radius 1 is 1.00 bits per heavy atom. The van der Waals surface area contributed by atoms with E-state index in [0.717, 1.165) is 45.2 Å². The van der Waals surface area contributed by atoms with Crippen molar-refractivity contribution in [3.8, 4) is 0 Å². The first kappa shape index (κ1) is 26.9. The Labute approximate surface area is 179 Å². The van der Waals surface area contributed by atoms with Crippen molar-refractivity contribution in [2.24, 2.45) is 5.92 Å². The van der Waals surface area contributed by atoms with Crippen LogP contribution in [-0.2, 0) is 9.53 Å². The molecule has 0 radical (unpaired) electrons. The molecule has 1 saturated heterocycles. The largest absolute Gasteiger partial charge is 0.447 e. The summed E-state index contributed by atoms with van der Waals surface area (Å²) in [6.07, 6.45) is 14.9. The first-order valence-corrected chi connectivity index (χ1v) is 10.7. The minimum Gasteiger partial charge on any atom is -0.447 e. The summed E-state index contributed by atoms with van der Waals surface area (Å²) in [5.74, 6) is 0.450. The van der Waals surface area contributed by atoms with Gasteiger partial charge in [0.25, 0.3) is 0 Å². The molecule has 2 unspecified atom stereocenters. The number of rotatable bonds is 10. The van der Waals surface area contributed by atoms with Crippen molar-refractivity contribution in [1.82, 2.24) is 4.90 Å². The summed E-state index contributed by atoms with van der Waals surface area (Å²) in [6, 6.07) is 0. The lowest BCUT2D eigenvalue weighted by Gasteiger charge is -2.37. The van der Waals surface area contributed by atoms with Gasteiger partial charge in [-0.25, -0.2) is 0 Å². The molecule has 0 spiro atoms. The van der Waals surface area contributed by atoms with Gasteiger partial charge in [0.15, 0.2) is 6.23 Å². The van der Waals surface area contributed by atoms with Gasteiger partial charge in [-0.3, -0.25) is 9.69 Å². The van der Waals surface area contributed by atoms with Crippen molar-refractivity contribution in [3.05, 3.63) is 34.9 Å². The molecule has 0 bridgehead atoms. The second-order valence-corrected chi connectivity index (χ2v) is 8.28. The van der Waals surface area contributed by atoms with Crippen molar-refractivity contribution < 1.29 is 9.53 Å². The van der Waals surface area contributed by atoms with Gasteiger partial charge >= 0.3 is 5.97 Å². The minimum absolute atomic E-state index is 0. The summed E-state index contributed by atoms with van der Waals surface area (Å²) >= 11 is 0. The van der Waals surface area contributed by atoms with Crippen LogP contribution < -0.4 is 0 Å². The van der Waals surface area contributed by atoms with Crippen LogP contribution in [0.1, 0.15) is 86.5 Å². The van der Waals surface area contributed by atoms with Gasteiger partial charge in [0.2, 0.25) is 0 Å². The molecule has 3 nitrogen and oxygen atoms in total. The smallest absolute Gasteiger partial charge is 0.304 e. The van der Waals surface area contributed by atoms with E-state index in [0.29, 0.717) is 5.92 Å². The summed E-state index contributed by atoms with van der Waals surface area (Å²) in [6.45, 7) is 14.4. The van der Waals surface area contributed by atoms with Crippen molar-refractivity contribution in [1.29, 1.82) is 0 Å². The quantitative estimate of drug-likeness (QED) is 0.291. The summed E-state index contributed by atoms with van der Waals surface area (Å²) in [5.41, 5.74) is 4.38. The normalized spacial score (nSPS) is 21.1. The molecule has 162 valence electrons. The Hall–Kier alpha value is -1.06. The number of ether oxygens (including phenoxy) is 1. The number of nitrogens with zero attached hydrogens (tertiary/aromatic N) is 1. The predicted octanol–water partition coefficient (Wildman–Crippen LogP) is 6.84. The summed E-state index contributed by atoms with van der Waals surface area (Å²) in [4.78, 5) is 13.6. The molecule has 0 N–H and O–H groups in total. The van der Waals surface area contributed by atoms with E-state index in [1.807, 2.05) is 0 Å². The van der Waals surface area contributed by atoms with Crippen molar-refractivity contribution in [2.45, 2.75) is 92.7 Å². The fourth-order valence-corrected chi connectivity index (χ4v) is 3.64. The molecule has 0 aliphatic carbocycles. The highest BCUT2D eigenvalue weighted by atomic mass is 35.5. The van der Waals surface area contributed by atoms with Gasteiger partial charge in [0, 0.05) is 19.9 Å². The summed E-state index contributed by atoms with van der Waals surface area (Å²) < 4.78 is 5.52. The van der Waals surface area contributed by atoms with E-state index >= 15 is 0 Å². The highest BCUT2D eigenvalue weighted by Crippen LogP contribution is 2.27. The van der Waals surface area contributed by atoms with E-state index in [9.17, 15) is 4.79 Å². The molecular formula is C24H42ClNO2. The molecule has 0 saturated carbocycles. The minimum atomic E-state index is -0.169. The van der Waals surface area contributed by atoms with E-state index in [1.165, 1.54) is 36.5 Å². The van der Waals surface area contributed by atoms with Crippen molar-refractivity contribution in [3.63, 3.8) is 0 Å². The number of allylic oxidation sites excluding steroid dienone is 6. The van der Waals surface area contributed by atoms with Gasteiger partial charge in [-0.15, -0.1) is 12.4 Å². The maximum atomic E-state index is 11.3. The van der Waals surface area contributed by atoms with Gasteiger partial charge in [0.1, 0.15) is 0 Å². The molecule has 2 atom stereocenters.